The second-order valence-corrected chi connectivity index (χ2v) is 11.0. The zero-order chi connectivity index (χ0) is 21.1. The summed E-state index contributed by atoms with van der Waals surface area (Å²) in [5.74, 6) is 0.840. The van der Waals surface area contributed by atoms with E-state index in [-0.39, 0.29) is 11.2 Å². The van der Waals surface area contributed by atoms with E-state index in [9.17, 15) is 8.42 Å². The van der Waals surface area contributed by atoms with E-state index in [1.165, 1.54) is 0 Å². The summed E-state index contributed by atoms with van der Waals surface area (Å²) < 4.78 is 25.4. The van der Waals surface area contributed by atoms with E-state index in [2.05, 4.69) is 53.0 Å². The molecule has 1 aromatic carbocycles. The first-order valence-electron chi connectivity index (χ1n) is 10.4. The molecule has 1 N–H and O–H groups in total. The van der Waals surface area contributed by atoms with Gasteiger partial charge < -0.3 is 10.2 Å². The summed E-state index contributed by atoms with van der Waals surface area (Å²) in [6.45, 7) is 10.6. The number of nitrogens with one attached hydrogen (secondary N) is 1. The van der Waals surface area contributed by atoms with E-state index in [1.54, 1.807) is 19.2 Å². The molecule has 2 aliphatic rings. The first kappa shape index (κ1) is 21.8. The van der Waals surface area contributed by atoms with Crippen LogP contribution in [0.25, 0.3) is 0 Å². The molecule has 0 spiro atoms. The number of rotatable bonds is 5. The number of sulfone groups is 1. The molecule has 0 saturated carbocycles. The van der Waals surface area contributed by atoms with Crippen LogP contribution in [-0.2, 0) is 15.3 Å². The Morgan fingerprint density at radius 3 is 2.41 bits per heavy atom. The van der Waals surface area contributed by atoms with E-state index in [0.29, 0.717) is 17.5 Å². The van der Waals surface area contributed by atoms with Gasteiger partial charge in [-0.25, -0.2) is 8.42 Å². The third kappa shape index (κ3) is 5.39. The van der Waals surface area contributed by atoms with Crippen LogP contribution in [0.15, 0.2) is 46.3 Å². The summed E-state index contributed by atoms with van der Waals surface area (Å²) in [6.07, 6.45) is 5.55. The Kier molecular flexibility index (Phi) is 6.69. The first-order chi connectivity index (χ1) is 13.7. The maximum Gasteiger partial charge on any atom is 0.193 e. The smallest absolute Gasteiger partial charge is 0.193 e. The van der Waals surface area contributed by atoms with Crippen LogP contribution in [0.2, 0.25) is 0 Å². The lowest BCUT2D eigenvalue weighted by Crippen LogP contribution is -2.44. The standard InChI is InChI=1S/C22H34N4O2S/c1-22(2,3)18-7-9-20(10-8-18)29(27,28)16-12-24-21(23-4)26-15-11-19(17-26)25-13-5-6-14-25/h5-10,19H,11-17H2,1-4H3,(H,23,24). The Hall–Kier alpha value is -1.86. The molecule has 1 aromatic rings. The summed E-state index contributed by atoms with van der Waals surface area (Å²) in [5, 5.41) is 3.25. The van der Waals surface area contributed by atoms with Crippen molar-refractivity contribution in [1.29, 1.82) is 0 Å². The number of likely N-dealkylation sites (tertiary alicyclic amines) is 1. The highest BCUT2D eigenvalue weighted by molar-refractivity contribution is 7.91. The van der Waals surface area contributed by atoms with Crippen LogP contribution in [0.3, 0.4) is 0 Å². The highest BCUT2D eigenvalue weighted by atomic mass is 32.2. The predicted molar refractivity (Wildman–Crippen MR) is 119 cm³/mol. The molecule has 0 radical (unpaired) electrons. The van der Waals surface area contributed by atoms with Crippen LogP contribution in [0.1, 0.15) is 32.8 Å². The zero-order valence-electron chi connectivity index (χ0n) is 18.1. The molecular weight excluding hydrogens is 384 g/mol. The van der Waals surface area contributed by atoms with E-state index in [4.69, 9.17) is 0 Å². The minimum atomic E-state index is -3.33. The van der Waals surface area contributed by atoms with Crippen molar-refractivity contribution in [2.75, 3.05) is 45.5 Å². The van der Waals surface area contributed by atoms with Crippen LogP contribution >= 0.6 is 0 Å². The quantitative estimate of drug-likeness (QED) is 0.452. The third-order valence-corrected chi connectivity index (χ3v) is 7.50. The Morgan fingerprint density at radius 2 is 1.83 bits per heavy atom. The topological polar surface area (TPSA) is 65.0 Å². The molecule has 1 unspecified atom stereocenters. The molecule has 1 fully saturated rings. The lowest BCUT2D eigenvalue weighted by Gasteiger charge is -2.25. The van der Waals surface area contributed by atoms with Gasteiger partial charge in [-0.1, -0.05) is 45.1 Å². The van der Waals surface area contributed by atoms with Gasteiger partial charge in [-0.2, -0.15) is 0 Å². The van der Waals surface area contributed by atoms with Gasteiger partial charge in [-0.3, -0.25) is 9.89 Å². The minimum absolute atomic E-state index is 0.00899. The largest absolute Gasteiger partial charge is 0.355 e. The summed E-state index contributed by atoms with van der Waals surface area (Å²) in [7, 11) is -1.57. The fourth-order valence-corrected chi connectivity index (χ4v) is 5.09. The summed E-state index contributed by atoms with van der Waals surface area (Å²) in [5.41, 5.74) is 1.14. The number of benzene rings is 1. The van der Waals surface area contributed by atoms with Gasteiger partial charge >= 0.3 is 0 Å². The number of hydrogen-bond donors (Lipinski definition) is 1. The molecule has 2 heterocycles. The van der Waals surface area contributed by atoms with Gasteiger partial charge in [0.1, 0.15) is 0 Å². The molecule has 1 saturated heterocycles. The molecule has 0 amide bonds. The van der Waals surface area contributed by atoms with Crippen molar-refractivity contribution < 1.29 is 8.42 Å². The number of hydrogen-bond acceptors (Lipinski definition) is 4. The molecular formula is C22H34N4O2S. The average molecular weight is 419 g/mol. The Balaban J connectivity index is 1.52. The van der Waals surface area contributed by atoms with Gasteiger partial charge in [0.25, 0.3) is 0 Å². The lowest BCUT2D eigenvalue weighted by atomic mass is 9.87. The van der Waals surface area contributed by atoms with Crippen molar-refractivity contribution in [2.24, 2.45) is 4.99 Å². The normalized spacial score (nSPS) is 21.2. The van der Waals surface area contributed by atoms with Crippen molar-refractivity contribution in [3.05, 3.63) is 42.0 Å². The van der Waals surface area contributed by atoms with Crippen molar-refractivity contribution >= 4 is 15.8 Å². The summed E-state index contributed by atoms with van der Waals surface area (Å²) in [4.78, 5) is 9.45. The Bertz CT molecular complexity index is 846. The highest BCUT2D eigenvalue weighted by Crippen LogP contribution is 2.23. The van der Waals surface area contributed by atoms with Crippen LogP contribution in [-0.4, -0.2) is 75.7 Å². The van der Waals surface area contributed by atoms with Crippen molar-refractivity contribution in [3.63, 3.8) is 0 Å². The lowest BCUT2D eigenvalue weighted by molar-refractivity contribution is 0.259. The minimum Gasteiger partial charge on any atom is -0.355 e. The van der Waals surface area contributed by atoms with E-state index in [0.717, 1.165) is 44.1 Å². The summed E-state index contributed by atoms with van der Waals surface area (Å²) in [6, 6.07) is 7.81. The molecule has 0 aromatic heterocycles. The van der Waals surface area contributed by atoms with Gasteiger partial charge in [0.2, 0.25) is 0 Å². The highest BCUT2D eigenvalue weighted by Gasteiger charge is 2.29. The van der Waals surface area contributed by atoms with Crippen LogP contribution < -0.4 is 5.32 Å². The molecule has 1 atom stereocenters. The number of nitrogens with zero attached hydrogens (tertiary/aromatic N) is 3. The number of guanidine groups is 1. The third-order valence-electron chi connectivity index (χ3n) is 5.77. The van der Waals surface area contributed by atoms with E-state index < -0.39 is 9.84 Å². The van der Waals surface area contributed by atoms with Gasteiger partial charge in [0, 0.05) is 45.8 Å². The molecule has 3 rings (SSSR count). The van der Waals surface area contributed by atoms with Crippen molar-refractivity contribution in [3.8, 4) is 0 Å². The Labute approximate surface area is 175 Å². The zero-order valence-corrected chi connectivity index (χ0v) is 18.9. The summed E-state index contributed by atoms with van der Waals surface area (Å²) >= 11 is 0. The van der Waals surface area contributed by atoms with Gasteiger partial charge in [0.05, 0.1) is 10.6 Å². The van der Waals surface area contributed by atoms with Crippen molar-refractivity contribution in [2.45, 2.75) is 43.5 Å². The Morgan fingerprint density at radius 1 is 1.17 bits per heavy atom. The molecule has 0 aliphatic carbocycles. The van der Waals surface area contributed by atoms with E-state index >= 15 is 0 Å². The van der Waals surface area contributed by atoms with Gasteiger partial charge in [-0.15, -0.1) is 0 Å². The van der Waals surface area contributed by atoms with Crippen LogP contribution in [0.4, 0.5) is 0 Å². The fraction of sp³-hybridized carbons (Fsp3) is 0.591. The van der Waals surface area contributed by atoms with Gasteiger partial charge in [-0.05, 0) is 29.5 Å². The van der Waals surface area contributed by atoms with E-state index in [1.807, 2.05) is 12.1 Å². The van der Waals surface area contributed by atoms with Crippen LogP contribution in [0.5, 0.6) is 0 Å². The van der Waals surface area contributed by atoms with Crippen LogP contribution in [0, 0.1) is 0 Å². The van der Waals surface area contributed by atoms with Crippen molar-refractivity contribution in [1.82, 2.24) is 15.1 Å². The molecule has 6 nitrogen and oxygen atoms in total. The predicted octanol–water partition coefficient (Wildman–Crippen LogP) is 2.28. The monoisotopic (exact) mass is 418 g/mol. The second kappa shape index (κ2) is 8.88. The molecule has 160 valence electrons. The number of aliphatic imine (C=N–C) groups is 1. The molecule has 0 bridgehead atoms. The molecule has 29 heavy (non-hydrogen) atoms. The molecule has 2 aliphatic heterocycles. The van der Waals surface area contributed by atoms with Gasteiger partial charge in [0.15, 0.2) is 15.8 Å². The first-order valence-corrected chi connectivity index (χ1v) is 12.0. The molecule has 7 heteroatoms. The fourth-order valence-electron chi connectivity index (χ4n) is 3.93. The SMILES string of the molecule is CN=C(NCCS(=O)(=O)c1ccc(C(C)(C)C)cc1)N1CCC(N2CC=CC2)C1. The average Bonchev–Trinajstić information content (AvgIpc) is 3.36. The second-order valence-electron chi connectivity index (χ2n) is 8.88. The maximum absolute atomic E-state index is 12.7. The maximum atomic E-state index is 12.7.